The predicted octanol–water partition coefficient (Wildman–Crippen LogP) is 3.30. The number of anilines is 1. The maximum Gasteiger partial charge on any atom is 0.262 e. The molecule has 6 nitrogen and oxygen atoms in total. The molecule has 1 N–H and O–H groups in total. The second kappa shape index (κ2) is 8.56. The molecule has 4 rings (SSSR count). The number of nitrogens with zero attached hydrogens (tertiary/aromatic N) is 2. The summed E-state index contributed by atoms with van der Waals surface area (Å²) in [6.07, 6.45) is 4.17. The standard InChI is InChI=1S/C23H21N3O3/c27-22(25-18-7-2-1-3-8-18)16-29-21-10-4-9-20-19(21)11-13-26(23(20)28)15-17-6-5-12-24-14-17/h1-10,12,14H,11,13,15-16H2,(H,25,27). The second-order valence-corrected chi connectivity index (χ2v) is 6.82. The number of nitrogens with one attached hydrogen (secondary N) is 1. The van der Waals surface area contributed by atoms with Crippen LogP contribution in [-0.2, 0) is 17.8 Å². The van der Waals surface area contributed by atoms with Crippen molar-refractivity contribution in [3.63, 3.8) is 0 Å². The van der Waals surface area contributed by atoms with Crippen LogP contribution in [0.3, 0.4) is 0 Å². The second-order valence-electron chi connectivity index (χ2n) is 6.82. The van der Waals surface area contributed by atoms with Crippen LogP contribution >= 0.6 is 0 Å². The summed E-state index contributed by atoms with van der Waals surface area (Å²) < 4.78 is 5.75. The first-order chi connectivity index (χ1) is 14.2. The van der Waals surface area contributed by atoms with E-state index in [-0.39, 0.29) is 18.4 Å². The van der Waals surface area contributed by atoms with Gasteiger partial charge in [0.2, 0.25) is 0 Å². The summed E-state index contributed by atoms with van der Waals surface area (Å²) >= 11 is 0. The highest BCUT2D eigenvalue weighted by atomic mass is 16.5. The Morgan fingerprint density at radius 1 is 1.07 bits per heavy atom. The molecule has 0 unspecified atom stereocenters. The Morgan fingerprint density at radius 2 is 1.93 bits per heavy atom. The van der Waals surface area contributed by atoms with Gasteiger partial charge in [-0.05, 0) is 42.3 Å². The third-order valence-electron chi connectivity index (χ3n) is 4.79. The van der Waals surface area contributed by atoms with Crippen LogP contribution in [0.25, 0.3) is 0 Å². The van der Waals surface area contributed by atoms with Gasteiger partial charge in [0.05, 0.1) is 0 Å². The Kier molecular flexibility index (Phi) is 5.52. The van der Waals surface area contributed by atoms with Crippen molar-refractivity contribution in [3.8, 4) is 5.75 Å². The van der Waals surface area contributed by atoms with Gasteiger partial charge in [0.1, 0.15) is 5.75 Å². The number of hydrogen-bond acceptors (Lipinski definition) is 4. The number of para-hydroxylation sites is 1. The van der Waals surface area contributed by atoms with Crippen molar-refractivity contribution in [3.05, 3.63) is 89.7 Å². The van der Waals surface area contributed by atoms with E-state index in [1.54, 1.807) is 24.5 Å². The number of rotatable bonds is 6. The molecule has 1 aliphatic heterocycles. The molecule has 0 radical (unpaired) electrons. The third kappa shape index (κ3) is 4.43. The molecule has 3 aromatic rings. The van der Waals surface area contributed by atoms with Gasteiger partial charge in [-0.15, -0.1) is 0 Å². The lowest BCUT2D eigenvalue weighted by molar-refractivity contribution is -0.118. The summed E-state index contributed by atoms with van der Waals surface area (Å²) in [5.74, 6) is 0.309. The van der Waals surface area contributed by atoms with Crippen LogP contribution in [0.1, 0.15) is 21.5 Å². The number of aromatic nitrogens is 1. The number of hydrogen-bond donors (Lipinski definition) is 1. The lowest BCUT2D eigenvalue weighted by Crippen LogP contribution is -2.37. The Balaban J connectivity index is 1.42. The summed E-state index contributed by atoms with van der Waals surface area (Å²) in [5.41, 5.74) is 3.19. The molecule has 2 heterocycles. The minimum atomic E-state index is -0.242. The number of carbonyl (C=O) groups is 2. The van der Waals surface area contributed by atoms with Gasteiger partial charge in [-0.1, -0.05) is 30.3 Å². The molecule has 0 atom stereocenters. The van der Waals surface area contributed by atoms with E-state index >= 15 is 0 Å². The van der Waals surface area contributed by atoms with Gasteiger partial charge >= 0.3 is 0 Å². The largest absolute Gasteiger partial charge is 0.483 e. The lowest BCUT2D eigenvalue weighted by atomic mass is 9.97. The molecule has 0 aliphatic carbocycles. The zero-order valence-corrected chi connectivity index (χ0v) is 15.9. The molecular weight excluding hydrogens is 366 g/mol. The monoisotopic (exact) mass is 387 g/mol. The molecule has 0 saturated carbocycles. The number of ether oxygens (including phenoxy) is 1. The lowest BCUT2D eigenvalue weighted by Gasteiger charge is -2.29. The fourth-order valence-corrected chi connectivity index (χ4v) is 3.40. The van der Waals surface area contributed by atoms with Gasteiger partial charge in [0.15, 0.2) is 6.61 Å². The first-order valence-electron chi connectivity index (χ1n) is 9.48. The fourth-order valence-electron chi connectivity index (χ4n) is 3.40. The van der Waals surface area contributed by atoms with E-state index in [2.05, 4.69) is 10.3 Å². The molecule has 1 aromatic heterocycles. The van der Waals surface area contributed by atoms with E-state index in [0.29, 0.717) is 30.8 Å². The summed E-state index contributed by atoms with van der Waals surface area (Å²) in [6, 6.07) is 18.5. The van der Waals surface area contributed by atoms with E-state index in [9.17, 15) is 9.59 Å². The molecule has 1 aliphatic rings. The predicted molar refractivity (Wildman–Crippen MR) is 110 cm³/mol. The van der Waals surface area contributed by atoms with Gasteiger partial charge in [-0.25, -0.2) is 0 Å². The topological polar surface area (TPSA) is 71.5 Å². The zero-order chi connectivity index (χ0) is 20.1. The highest BCUT2D eigenvalue weighted by molar-refractivity contribution is 5.97. The van der Waals surface area contributed by atoms with E-state index in [1.807, 2.05) is 53.4 Å². The van der Waals surface area contributed by atoms with E-state index in [0.717, 1.165) is 16.8 Å². The maximum absolute atomic E-state index is 12.9. The first-order valence-corrected chi connectivity index (χ1v) is 9.48. The van der Waals surface area contributed by atoms with Crippen LogP contribution < -0.4 is 10.1 Å². The van der Waals surface area contributed by atoms with Gasteiger partial charge < -0.3 is 15.0 Å². The van der Waals surface area contributed by atoms with Crippen molar-refractivity contribution in [2.75, 3.05) is 18.5 Å². The molecule has 6 heteroatoms. The maximum atomic E-state index is 12.9. The van der Waals surface area contributed by atoms with Gasteiger partial charge in [-0.2, -0.15) is 0 Å². The average molecular weight is 387 g/mol. The smallest absolute Gasteiger partial charge is 0.262 e. The zero-order valence-electron chi connectivity index (χ0n) is 15.9. The third-order valence-corrected chi connectivity index (χ3v) is 4.79. The van der Waals surface area contributed by atoms with Crippen molar-refractivity contribution >= 4 is 17.5 Å². The summed E-state index contributed by atoms with van der Waals surface area (Å²) in [4.78, 5) is 31.0. The summed E-state index contributed by atoms with van der Waals surface area (Å²) in [6.45, 7) is 1.01. The normalized spacial score (nSPS) is 13.0. The molecule has 29 heavy (non-hydrogen) atoms. The number of amides is 2. The Hall–Kier alpha value is -3.67. The average Bonchev–Trinajstić information content (AvgIpc) is 2.76. The molecule has 0 saturated heterocycles. The quantitative estimate of drug-likeness (QED) is 0.705. The van der Waals surface area contributed by atoms with Crippen molar-refractivity contribution in [1.29, 1.82) is 0 Å². The highest BCUT2D eigenvalue weighted by Crippen LogP contribution is 2.28. The van der Waals surface area contributed by atoms with Gasteiger partial charge in [-0.3, -0.25) is 14.6 Å². The van der Waals surface area contributed by atoms with Crippen LogP contribution in [0.15, 0.2) is 73.1 Å². The van der Waals surface area contributed by atoms with Gasteiger partial charge in [0.25, 0.3) is 11.8 Å². The minimum Gasteiger partial charge on any atom is -0.483 e. The first kappa shape index (κ1) is 18.7. The van der Waals surface area contributed by atoms with Crippen molar-refractivity contribution in [1.82, 2.24) is 9.88 Å². The molecular formula is C23H21N3O3. The Bertz CT molecular complexity index is 1010. The Morgan fingerprint density at radius 3 is 2.72 bits per heavy atom. The molecule has 146 valence electrons. The highest BCUT2D eigenvalue weighted by Gasteiger charge is 2.26. The van der Waals surface area contributed by atoms with Crippen LogP contribution in [0.5, 0.6) is 5.75 Å². The molecule has 0 bridgehead atoms. The summed E-state index contributed by atoms with van der Waals surface area (Å²) in [5, 5.41) is 2.79. The van der Waals surface area contributed by atoms with Crippen LogP contribution in [0.4, 0.5) is 5.69 Å². The summed E-state index contributed by atoms with van der Waals surface area (Å²) in [7, 11) is 0. The van der Waals surface area contributed by atoms with Crippen molar-refractivity contribution in [2.24, 2.45) is 0 Å². The number of benzene rings is 2. The SMILES string of the molecule is O=C(COc1cccc2c1CCN(Cc1cccnc1)C2=O)Nc1ccccc1. The van der Waals surface area contributed by atoms with Crippen LogP contribution in [-0.4, -0.2) is 34.8 Å². The molecule has 2 amide bonds. The van der Waals surface area contributed by atoms with Crippen LogP contribution in [0, 0.1) is 0 Å². The number of carbonyl (C=O) groups excluding carboxylic acids is 2. The Labute approximate surface area is 169 Å². The minimum absolute atomic E-state index is 0.0331. The van der Waals surface area contributed by atoms with E-state index in [4.69, 9.17) is 4.74 Å². The van der Waals surface area contributed by atoms with Crippen molar-refractivity contribution in [2.45, 2.75) is 13.0 Å². The van der Waals surface area contributed by atoms with Crippen LogP contribution in [0.2, 0.25) is 0 Å². The fraction of sp³-hybridized carbons (Fsp3) is 0.174. The number of pyridine rings is 1. The van der Waals surface area contributed by atoms with E-state index in [1.165, 1.54) is 0 Å². The van der Waals surface area contributed by atoms with E-state index < -0.39 is 0 Å². The molecule has 2 aromatic carbocycles. The van der Waals surface area contributed by atoms with Crippen molar-refractivity contribution < 1.29 is 14.3 Å². The van der Waals surface area contributed by atoms with Gasteiger partial charge in [0, 0.05) is 42.3 Å². The molecule has 0 spiro atoms. The number of fused-ring (bicyclic) bond motifs is 1. The molecule has 0 fully saturated rings.